The zero-order valence-corrected chi connectivity index (χ0v) is 23.6. The predicted octanol–water partition coefficient (Wildman–Crippen LogP) is 5.09. The van der Waals surface area contributed by atoms with E-state index >= 15 is 4.39 Å². The minimum Gasteiger partial charge on any atom is -0.380 e. The lowest BCUT2D eigenvalue weighted by atomic mass is 9.88. The number of carbonyl (C=O) groups is 1. The smallest absolute Gasteiger partial charge is 0.380 e. The van der Waals surface area contributed by atoms with Crippen LogP contribution in [0.25, 0.3) is 22.0 Å². The van der Waals surface area contributed by atoms with E-state index in [2.05, 4.69) is 11.6 Å². The Balaban J connectivity index is 1.65. The van der Waals surface area contributed by atoms with E-state index in [4.69, 9.17) is 4.74 Å². The molecule has 3 aromatic rings. The van der Waals surface area contributed by atoms with Crippen molar-refractivity contribution in [1.82, 2.24) is 14.5 Å². The molecule has 1 aromatic heterocycles. The molecular formula is C29H27F5N4O3S. The van der Waals surface area contributed by atoms with Crippen LogP contribution in [0.15, 0.2) is 46.6 Å². The number of nitrogens with zero attached hydrogens (tertiary/aromatic N) is 4. The Kier molecular flexibility index (Phi) is 6.88. The van der Waals surface area contributed by atoms with Crippen molar-refractivity contribution in [2.45, 2.75) is 43.5 Å². The maximum absolute atomic E-state index is 15.2. The SMILES string of the molecule is C=CC(=O)N1[C@H](C)CN(c2nc(=O)n3c4c(c(-c5ccc(F)cc5F)c(C(F)(F)F)cc24)SCC2(COC2)C3)C[C@@H]1C. The van der Waals surface area contributed by atoms with E-state index in [1.807, 2.05) is 0 Å². The number of rotatable bonds is 3. The lowest BCUT2D eigenvalue weighted by molar-refractivity contribution is -0.137. The molecule has 1 spiro atoms. The second-order valence-electron chi connectivity index (χ2n) is 11.3. The summed E-state index contributed by atoms with van der Waals surface area (Å²) in [5.74, 6) is -1.95. The molecular weight excluding hydrogens is 579 g/mol. The van der Waals surface area contributed by atoms with Gasteiger partial charge in [0.1, 0.15) is 17.5 Å². The molecule has 1 amide bonds. The number of aromatic nitrogens is 2. The van der Waals surface area contributed by atoms with Crippen molar-refractivity contribution in [3.8, 4) is 11.1 Å². The molecule has 4 heterocycles. The van der Waals surface area contributed by atoms with Gasteiger partial charge >= 0.3 is 11.9 Å². The van der Waals surface area contributed by atoms with Crippen molar-refractivity contribution < 1.29 is 31.5 Å². The topological polar surface area (TPSA) is 67.7 Å². The molecule has 2 saturated heterocycles. The quantitative estimate of drug-likeness (QED) is 0.306. The monoisotopic (exact) mass is 606 g/mol. The zero-order valence-electron chi connectivity index (χ0n) is 22.8. The number of anilines is 1. The van der Waals surface area contributed by atoms with Crippen LogP contribution >= 0.6 is 11.8 Å². The largest absolute Gasteiger partial charge is 0.417 e. The molecule has 6 rings (SSSR count). The first-order chi connectivity index (χ1) is 19.8. The Labute approximate surface area is 241 Å². The van der Waals surface area contributed by atoms with Crippen molar-refractivity contribution in [1.29, 1.82) is 0 Å². The van der Waals surface area contributed by atoms with Gasteiger partial charge in [-0.2, -0.15) is 18.2 Å². The van der Waals surface area contributed by atoms with E-state index in [1.165, 1.54) is 10.6 Å². The lowest BCUT2D eigenvalue weighted by Crippen LogP contribution is -2.58. The molecule has 0 aliphatic carbocycles. The van der Waals surface area contributed by atoms with Crippen LogP contribution < -0.4 is 10.6 Å². The zero-order chi connectivity index (χ0) is 30.1. The summed E-state index contributed by atoms with van der Waals surface area (Å²) in [4.78, 5) is 33.9. The van der Waals surface area contributed by atoms with Gasteiger partial charge in [-0.05, 0) is 38.1 Å². The summed E-state index contributed by atoms with van der Waals surface area (Å²) >= 11 is 1.11. The number of halogens is 5. The average molecular weight is 607 g/mol. The van der Waals surface area contributed by atoms with Crippen molar-refractivity contribution in [3.63, 3.8) is 0 Å². The number of thioether (sulfide) groups is 1. The molecule has 7 nitrogen and oxygen atoms in total. The molecule has 2 aromatic carbocycles. The molecule has 3 aliphatic heterocycles. The first kappa shape index (κ1) is 28.7. The normalized spacial score (nSPS) is 21.8. The predicted molar refractivity (Wildman–Crippen MR) is 149 cm³/mol. The van der Waals surface area contributed by atoms with Gasteiger partial charge in [-0.25, -0.2) is 13.6 Å². The standard InChI is InChI=1S/C29H27F5N4O3S/c1-4-22(39)38-15(2)9-36(10-16(38)3)26-19-8-20(29(32,33)34)23(18-6-5-17(30)7-21(18)31)25-24(19)37(27(40)35-26)11-28(14-42-25)12-41-13-28/h4-8,15-16H,1,9-14H2,2-3H3/t15-,16+. The number of piperazine rings is 1. The van der Waals surface area contributed by atoms with Crippen LogP contribution in [-0.2, 0) is 22.3 Å². The van der Waals surface area contributed by atoms with Gasteiger partial charge in [0.05, 0.1) is 24.3 Å². The average Bonchev–Trinajstić information content (AvgIpc) is 3.08. The molecule has 222 valence electrons. The Morgan fingerprint density at radius 1 is 1.17 bits per heavy atom. The fourth-order valence-corrected chi connectivity index (χ4v) is 7.74. The highest BCUT2D eigenvalue weighted by Crippen LogP contribution is 2.51. The van der Waals surface area contributed by atoms with E-state index in [9.17, 15) is 27.2 Å². The maximum Gasteiger partial charge on any atom is 0.417 e. The first-order valence-corrected chi connectivity index (χ1v) is 14.4. The number of alkyl halides is 3. The summed E-state index contributed by atoms with van der Waals surface area (Å²) in [6.45, 7) is 8.38. The van der Waals surface area contributed by atoms with Crippen molar-refractivity contribution in [2.24, 2.45) is 5.41 Å². The summed E-state index contributed by atoms with van der Waals surface area (Å²) in [5.41, 5.74) is -2.91. The van der Waals surface area contributed by atoms with E-state index in [0.29, 0.717) is 25.0 Å². The van der Waals surface area contributed by atoms with Gasteiger partial charge in [-0.1, -0.05) is 6.58 Å². The summed E-state index contributed by atoms with van der Waals surface area (Å²) < 4.78 is 80.2. The van der Waals surface area contributed by atoms with Gasteiger partial charge in [-0.15, -0.1) is 11.8 Å². The summed E-state index contributed by atoms with van der Waals surface area (Å²) in [6, 6.07) is 2.67. The van der Waals surface area contributed by atoms with Crippen molar-refractivity contribution >= 4 is 34.4 Å². The molecule has 2 fully saturated rings. The number of amides is 1. The molecule has 0 saturated carbocycles. The van der Waals surface area contributed by atoms with E-state index in [1.54, 1.807) is 23.6 Å². The van der Waals surface area contributed by atoms with Crippen LogP contribution in [0.1, 0.15) is 19.4 Å². The number of hydrogen-bond donors (Lipinski definition) is 0. The van der Waals surface area contributed by atoms with Crippen LogP contribution in [0.4, 0.5) is 27.8 Å². The maximum atomic E-state index is 15.2. The number of carbonyl (C=O) groups excluding carboxylic acids is 1. The Hall–Kier alpha value is -3.45. The van der Waals surface area contributed by atoms with Crippen LogP contribution in [0, 0.1) is 17.0 Å². The lowest BCUT2D eigenvalue weighted by Gasteiger charge is -2.44. The highest BCUT2D eigenvalue weighted by atomic mass is 32.2. The molecule has 0 bridgehead atoms. The number of ether oxygens (including phenoxy) is 1. The van der Waals surface area contributed by atoms with Gasteiger partial charge in [0.15, 0.2) is 0 Å². The fourth-order valence-electron chi connectivity index (χ4n) is 6.31. The minimum absolute atomic E-state index is 0.0648. The molecule has 42 heavy (non-hydrogen) atoms. The minimum atomic E-state index is -4.92. The van der Waals surface area contributed by atoms with Crippen molar-refractivity contribution in [3.05, 3.63) is 64.6 Å². The Morgan fingerprint density at radius 3 is 2.43 bits per heavy atom. The third-order valence-electron chi connectivity index (χ3n) is 8.18. The number of benzene rings is 2. The third-order valence-corrected chi connectivity index (χ3v) is 9.63. The molecule has 3 aliphatic rings. The van der Waals surface area contributed by atoms with Gasteiger partial charge in [-0.3, -0.25) is 9.36 Å². The summed E-state index contributed by atoms with van der Waals surface area (Å²) in [7, 11) is 0. The van der Waals surface area contributed by atoms with Gasteiger partial charge in [0.2, 0.25) is 5.91 Å². The van der Waals surface area contributed by atoms with Crippen LogP contribution in [0.5, 0.6) is 0 Å². The van der Waals surface area contributed by atoms with Crippen LogP contribution in [0.2, 0.25) is 0 Å². The molecule has 2 atom stereocenters. The molecule has 0 radical (unpaired) electrons. The van der Waals surface area contributed by atoms with Crippen LogP contribution in [-0.4, -0.2) is 64.5 Å². The van der Waals surface area contributed by atoms with Crippen molar-refractivity contribution in [2.75, 3.05) is 37.0 Å². The summed E-state index contributed by atoms with van der Waals surface area (Å²) in [5, 5.41) is 0.0934. The van der Waals surface area contributed by atoms with E-state index < -0.39 is 45.6 Å². The van der Waals surface area contributed by atoms with Gasteiger partial charge in [0, 0.05) is 70.4 Å². The second-order valence-corrected chi connectivity index (χ2v) is 12.3. The Morgan fingerprint density at radius 2 is 1.86 bits per heavy atom. The number of hydrogen-bond acceptors (Lipinski definition) is 6. The van der Waals surface area contributed by atoms with E-state index in [-0.39, 0.29) is 59.2 Å². The molecule has 13 heteroatoms. The second kappa shape index (κ2) is 10.1. The van der Waals surface area contributed by atoms with E-state index in [0.717, 1.165) is 30.0 Å². The first-order valence-electron chi connectivity index (χ1n) is 13.4. The van der Waals surface area contributed by atoms with Gasteiger partial charge in [0.25, 0.3) is 0 Å². The molecule has 0 unspecified atom stereocenters. The third kappa shape index (κ3) is 4.57. The highest BCUT2D eigenvalue weighted by molar-refractivity contribution is 7.99. The fraction of sp³-hybridized carbons (Fsp3) is 0.414. The summed E-state index contributed by atoms with van der Waals surface area (Å²) in [6.07, 6.45) is -3.71. The molecule has 0 N–H and O–H groups in total. The highest BCUT2D eigenvalue weighted by Gasteiger charge is 2.45. The van der Waals surface area contributed by atoms with Gasteiger partial charge < -0.3 is 14.5 Å². The van der Waals surface area contributed by atoms with Crippen LogP contribution in [0.3, 0.4) is 0 Å². The Bertz CT molecular complexity index is 1670.